The van der Waals surface area contributed by atoms with E-state index in [0.717, 1.165) is 5.69 Å². The van der Waals surface area contributed by atoms with E-state index in [1.54, 1.807) is 19.1 Å². The Hall–Kier alpha value is -2.85. The molecule has 1 aromatic heterocycles. The number of aryl methyl sites for hydroxylation is 1. The number of nitro benzene ring substituents is 1. The normalized spacial score (nSPS) is 15.1. The molecule has 1 aliphatic heterocycles. The van der Waals surface area contributed by atoms with Crippen LogP contribution in [-0.4, -0.2) is 46.3 Å². The van der Waals surface area contributed by atoms with Crippen molar-refractivity contribution in [1.82, 2.24) is 9.88 Å². The summed E-state index contributed by atoms with van der Waals surface area (Å²) < 4.78 is 0. The molecule has 154 valence electrons. The van der Waals surface area contributed by atoms with Crippen LogP contribution in [0, 0.1) is 29.9 Å². The Labute approximate surface area is 172 Å². The molecule has 0 unspecified atom stereocenters. The molecule has 2 aromatic rings. The number of amides is 2. The Bertz CT molecular complexity index is 921. The maximum atomic E-state index is 12.4. The van der Waals surface area contributed by atoms with Gasteiger partial charge in [0.05, 0.1) is 28.4 Å². The monoisotopic (exact) mass is 417 g/mol. The zero-order valence-corrected chi connectivity index (χ0v) is 17.1. The van der Waals surface area contributed by atoms with Crippen LogP contribution in [0.25, 0.3) is 0 Å². The van der Waals surface area contributed by atoms with Crippen molar-refractivity contribution in [2.45, 2.75) is 26.7 Å². The average molecular weight is 417 g/mol. The number of nitrogens with one attached hydrogen (secondary N) is 2. The first-order chi connectivity index (χ1) is 13.8. The molecule has 2 amide bonds. The maximum Gasteiger partial charge on any atom is 0.274 e. The van der Waals surface area contributed by atoms with E-state index in [0.29, 0.717) is 42.3 Å². The van der Waals surface area contributed by atoms with Gasteiger partial charge in [-0.05, 0) is 45.8 Å². The minimum absolute atomic E-state index is 0.0231. The topological polar surface area (TPSA) is 117 Å². The summed E-state index contributed by atoms with van der Waals surface area (Å²) in [6, 6.07) is 4.61. The lowest BCUT2D eigenvalue weighted by Gasteiger charge is -2.30. The number of aromatic nitrogens is 1. The Balaban J connectivity index is 1.48. The summed E-state index contributed by atoms with van der Waals surface area (Å²) in [6.45, 7) is 4.95. The summed E-state index contributed by atoms with van der Waals surface area (Å²) in [7, 11) is 0. The number of benzene rings is 1. The maximum absolute atomic E-state index is 12.4. The summed E-state index contributed by atoms with van der Waals surface area (Å²) in [5.41, 5.74) is 1.73. The zero-order valence-electron chi connectivity index (χ0n) is 16.3. The van der Waals surface area contributed by atoms with Gasteiger partial charge in [0.25, 0.3) is 5.69 Å². The quantitative estimate of drug-likeness (QED) is 0.551. The molecule has 10 heteroatoms. The van der Waals surface area contributed by atoms with E-state index in [2.05, 4.69) is 15.6 Å². The summed E-state index contributed by atoms with van der Waals surface area (Å²) in [5.74, 6) is -0.358. The van der Waals surface area contributed by atoms with Crippen molar-refractivity contribution in [2.75, 3.05) is 30.3 Å². The van der Waals surface area contributed by atoms with E-state index in [-0.39, 0.29) is 30.0 Å². The van der Waals surface area contributed by atoms with Crippen LogP contribution in [0.2, 0.25) is 0 Å². The van der Waals surface area contributed by atoms with E-state index < -0.39 is 4.92 Å². The van der Waals surface area contributed by atoms with Crippen molar-refractivity contribution in [3.05, 3.63) is 45.0 Å². The van der Waals surface area contributed by atoms with Crippen molar-refractivity contribution in [2.24, 2.45) is 5.92 Å². The van der Waals surface area contributed by atoms with Gasteiger partial charge in [-0.25, -0.2) is 4.98 Å². The molecule has 29 heavy (non-hydrogen) atoms. The number of nitro groups is 1. The van der Waals surface area contributed by atoms with Gasteiger partial charge in [-0.15, -0.1) is 11.3 Å². The minimum atomic E-state index is -0.464. The van der Waals surface area contributed by atoms with Gasteiger partial charge in [-0.2, -0.15) is 0 Å². The van der Waals surface area contributed by atoms with Crippen molar-refractivity contribution < 1.29 is 14.5 Å². The number of nitrogens with zero attached hydrogens (tertiary/aromatic N) is 3. The van der Waals surface area contributed by atoms with E-state index >= 15 is 0 Å². The van der Waals surface area contributed by atoms with Crippen LogP contribution >= 0.6 is 11.3 Å². The molecule has 0 atom stereocenters. The van der Waals surface area contributed by atoms with Crippen LogP contribution < -0.4 is 10.6 Å². The van der Waals surface area contributed by atoms with Crippen LogP contribution in [0.5, 0.6) is 0 Å². The standard InChI is InChI=1S/C19H23N5O4S/c1-12-11-29-19(20-12)22-18(26)14-6-8-23(9-7-14)10-17(25)21-15-4-3-5-16(13(15)2)24(27)28/h3-5,11,14H,6-10H2,1-2H3,(H,21,25)(H,20,22,26). The van der Waals surface area contributed by atoms with Crippen molar-refractivity contribution in [1.29, 1.82) is 0 Å². The summed E-state index contributed by atoms with van der Waals surface area (Å²) >= 11 is 1.41. The lowest BCUT2D eigenvalue weighted by molar-refractivity contribution is -0.385. The second-order valence-electron chi connectivity index (χ2n) is 7.09. The number of piperidine rings is 1. The molecular weight excluding hydrogens is 394 g/mol. The average Bonchev–Trinajstić information content (AvgIpc) is 3.08. The fourth-order valence-corrected chi connectivity index (χ4v) is 4.01. The molecule has 3 rings (SSSR count). The summed E-state index contributed by atoms with van der Waals surface area (Å²) in [5, 5.41) is 19.1. The largest absolute Gasteiger partial charge is 0.324 e. The van der Waals surface area contributed by atoms with Crippen LogP contribution in [0.4, 0.5) is 16.5 Å². The lowest BCUT2D eigenvalue weighted by Crippen LogP contribution is -2.41. The Morgan fingerprint density at radius 3 is 2.62 bits per heavy atom. The summed E-state index contributed by atoms with van der Waals surface area (Å²) in [6.07, 6.45) is 1.33. The fraction of sp³-hybridized carbons (Fsp3) is 0.421. The van der Waals surface area contributed by atoms with Crippen molar-refractivity contribution in [3.63, 3.8) is 0 Å². The number of anilines is 2. The number of hydrogen-bond acceptors (Lipinski definition) is 7. The van der Waals surface area contributed by atoms with E-state index in [4.69, 9.17) is 0 Å². The number of carbonyl (C=O) groups is 2. The van der Waals surface area contributed by atoms with Gasteiger partial charge in [0.1, 0.15) is 0 Å². The third-order valence-corrected chi connectivity index (χ3v) is 5.83. The fourth-order valence-electron chi connectivity index (χ4n) is 3.32. The molecule has 0 saturated carbocycles. The Morgan fingerprint density at radius 2 is 2.00 bits per heavy atom. The molecule has 0 radical (unpaired) electrons. The van der Waals surface area contributed by atoms with Crippen molar-refractivity contribution in [3.8, 4) is 0 Å². The van der Waals surface area contributed by atoms with Gasteiger partial charge >= 0.3 is 0 Å². The van der Waals surface area contributed by atoms with Gasteiger partial charge in [-0.1, -0.05) is 6.07 Å². The smallest absolute Gasteiger partial charge is 0.274 e. The number of hydrogen-bond donors (Lipinski definition) is 2. The predicted octanol–water partition coefficient (Wildman–Crippen LogP) is 2.96. The van der Waals surface area contributed by atoms with Gasteiger partial charge in [0.15, 0.2) is 5.13 Å². The first-order valence-electron chi connectivity index (χ1n) is 9.32. The number of thiazole rings is 1. The molecule has 2 N–H and O–H groups in total. The highest BCUT2D eigenvalue weighted by molar-refractivity contribution is 7.13. The molecule has 0 aliphatic carbocycles. The first kappa shape index (κ1) is 20.9. The lowest BCUT2D eigenvalue weighted by atomic mass is 9.96. The van der Waals surface area contributed by atoms with Gasteiger partial charge in [0.2, 0.25) is 11.8 Å². The van der Waals surface area contributed by atoms with Crippen LogP contribution in [0.1, 0.15) is 24.1 Å². The molecular formula is C19H23N5O4S. The van der Waals surface area contributed by atoms with E-state index in [1.165, 1.54) is 17.4 Å². The molecule has 2 heterocycles. The highest BCUT2D eigenvalue weighted by atomic mass is 32.1. The summed E-state index contributed by atoms with van der Waals surface area (Å²) in [4.78, 5) is 41.5. The molecule has 0 spiro atoms. The molecule has 1 aromatic carbocycles. The highest BCUT2D eigenvalue weighted by Gasteiger charge is 2.26. The third-order valence-electron chi connectivity index (χ3n) is 4.95. The van der Waals surface area contributed by atoms with Crippen LogP contribution in [0.3, 0.4) is 0 Å². The first-order valence-corrected chi connectivity index (χ1v) is 10.2. The molecule has 0 bridgehead atoms. The van der Waals surface area contributed by atoms with Crippen molar-refractivity contribution >= 4 is 39.7 Å². The minimum Gasteiger partial charge on any atom is -0.324 e. The molecule has 9 nitrogen and oxygen atoms in total. The Kier molecular flexibility index (Phi) is 6.55. The third kappa shape index (κ3) is 5.36. The number of likely N-dealkylation sites (tertiary alicyclic amines) is 1. The Morgan fingerprint density at radius 1 is 1.28 bits per heavy atom. The van der Waals surface area contributed by atoms with Gasteiger partial charge in [-0.3, -0.25) is 24.6 Å². The predicted molar refractivity (Wildman–Crippen MR) is 111 cm³/mol. The number of carbonyl (C=O) groups excluding carboxylic acids is 2. The van der Waals surface area contributed by atoms with Gasteiger partial charge in [0, 0.05) is 17.4 Å². The molecule has 1 saturated heterocycles. The second-order valence-corrected chi connectivity index (χ2v) is 7.95. The van der Waals surface area contributed by atoms with Crippen LogP contribution in [-0.2, 0) is 9.59 Å². The van der Waals surface area contributed by atoms with Gasteiger partial charge < -0.3 is 10.6 Å². The van der Waals surface area contributed by atoms with E-state index in [1.807, 2.05) is 17.2 Å². The van der Waals surface area contributed by atoms with E-state index in [9.17, 15) is 19.7 Å². The SMILES string of the molecule is Cc1csc(NC(=O)C2CCN(CC(=O)Nc3cccc([N+](=O)[O-])c3C)CC2)n1. The second kappa shape index (κ2) is 9.10. The zero-order chi connectivity index (χ0) is 21.0. The van der Waals surface area contributed by atoms with Crippen LogP contribution in [0.15, 0.2) is 23.6 Å². The highest BCUT2D eigenvalue weighted by Crippen LogP contribution is 2.25. The number of rotatable bonds is 6. The molecule has 1 aliphatic rings. The molecule has 1 fully saturated rings.